The Morgan fingerprint density at radius 2 is 2.26 bits per heavy atom. The topological polar surface area (TPSA) is 68.0 Å². The largest absolute Gasteiger partial charge is 0.384 e. The van der Waals surface area contributed by atoms with E-state index in [2.05, 4.69) is 26.2 Å². The molecule has 1 amide bonds. The van der Waals surface area contributed by atoms with E-state index in [1.54, 1.807) is 23.5 Å². The molecule has 2 aromatic rings. The molecule has 2 aromatic heterocycles. The molecule has 0 aliphatic carbocycles. The summed E-state index contributed by atoms with van der Waals surface area (Å²) in [6, 6.07) is 5.36. The van der Waals surface area contributed by atoms with Crippen LogP contribution in [0.3, 0.4) is 0 Å². The van der Waals surface area contributed by atoms with Crippen LogP contribution in [-0.4, -0.2) is 10.9 Å². The zero-order chi connectivity index (χ0) is 13.8. The average Bonchev–Trinajstić information content (AvgIpc) is 2.81. The van der Waals surface area contributed by atoms with E-state index in [1.807, 2.05) is 18.4 Å². The predicted octanol–water partition coefficient (Wildman–Crippen LogP) is 2.98. The van der Waals surface area contributed by atoms with Gasteiger partial charge in [-0.3, -0.25) is 4.79 Å². The summed E-state index contributed by atoms with van der Waals surface area (Å²) in [5.41, 5.74) is 7.07. The number of nitrogens with two attached hydrogens (primary N) is 1. The van der Waals surface area contributed by atoms with Gasteiger partial charge in [-0.2, -0.15) is 0 Å². The average molecular weight is 340 g/mol. The van der Waals surface area contributed by atoms with Crippen LogP contribution in [0.2, 0.25) is 0 Å². The van der Waals surface area contributed by atoms with Crippen molar-refractivity contribution in [1.29, 1.82) is 0 Å². The van der Waals surface area contributed by atoms with Crippen LogP contribution in [0.5, 0.6) is 0 Å². The monoisotopic (exact) mass is 339 g/mol. The van der Waals surface area contributed by atoms with Crippen molar-refractivity contribution < 1.29 is 4.79 Å². The van der Waals surface area contributed by atoms with Crippen molar-refractivity contribution in [3.05, 3.63) is 44.2 Å². The molecule has 0 saturated heterocycles. The molecule has 0 atom stereocenters. The lowest BCUT2D eigenvalue weighted by molar-refractivity contribution is 0.0951. The van der Waals surface area contributed by atoms with Gasteiger partial charge in [-0.15, -0.1) is 11.3 Å². The Morgan fingerprint density at radius 3 is 2.89 bits per heavy atom. The SMILES string of the molecule is CCc1cc(C(=O)NCc2cc(Br)cs2)cc(N)n1. The molecule has 0 saturated carbocycles. The molecule has 0 unspecified atom stereocenters. The summed E-state index contributed by atoms with van der Waals surface area (Å²) in [6.07, 6.45) is 0.753. The van der Waals surface area contributed by atoms with Gasteiger partial charge in [0, 0.05) is 26.0 Å². The zero-order valence-electron chi connectivity index (χ0n) is 10.4. The maximum atomic E-state index is 12.0. The van der Waals surface area contributed by atoms with Gasteiger partial charge in [-0.25, -0.2) is 4.98 Å². The number of hydrogen-bond donors (Lipinski definition) is 2. The number of aryl methyl sites for hydroxylation is 1. The van der Waals surface area contributed by atoms with Crippen LogP contribution >= 0.6 is 27.3 Å². The third-order valence-electron chi connectivity index (χ3n) is 2.57. The smallest absolute Gasteiger partial charge is 0.251 e. The number of nitrogens with zero attached hydrogens (tertiary/aromatic N) is 1. The Labute approximate surface area is 124 Å². The maximum Gasteiger partial charge on any atom is 0.251 e. The molecule has 0 aromatic carbocycles. The first-order valence-electron chi connectivity index (χ1n) is 5.86. The lowest BCUT2D eigenvalue weighted by Gasteiger charge is -2.06. The number of carbonyl (C=O) groups excluding carboxylic acids is 1. The molecule has 0 spiro atoms. The van der Waals surface area contributed by atoms with Gasteiger partial charge in [-0.05, 0) is 40.5 Å². The number of aromatic nitrogens is 1. The van der Waals surface area contributed by atoms with Crippen molar-refractivity contribution in [2.45, 2.75) is 19.9 Å². The van der Waals surface area contributed by atoms with E-state index in [0.29, 0.717) is 17.9 Å². The van der Waals surface area contributed by atoms with Crippen molar-refractivity contribution in [2.75, 3.05) is 5.73 Å². The Morgan fingerprint density at radius 1 is 1.47 bits per heavy atom. The van der Waals surface area contributed by atoms with Crippen molar-refractivity contribution in [3.63, 3.8) is 0 Å². The van der Waals surface area contributed by atoms with Gasteiger partial charge < -0.3 is 11.1 Å². The van der Waals surface area contributed by atoms with Crippen LogP contribution in [0.15, 0.2) is 28.1 Å². The second kappa shape index (κ2) is 6.16. The molecule has 4 nitrogen and oxygen atoms in total. The normalized spacial score (nSPS) is 10.4. The van der Waals surface area contributed by atoms with Gasteiger partial charge in [0.15, 0.2) is 0 Å². The van der Waals surface area contributed by atoms with E-state index in [1.165, 1.54) is 0 Å². The van der Waals surface area contributed by atoms with E-state index in [9.17, 15) is 4.79 Å². The quantitative estimate of drug-likeness (QED) is 0.899. The Kier molecular flexibility index (Phi) is 4.55. The summed E-state index contributed by atoms with van der Waals surface area (Å²) in [6.45, 7) is 2.49. The molecular weight excluding hydrogens is 326 g/mol. The van der Waals surface area contributed by atoms with E-state index in [4.69, 9.17) is 5.73 Å². The van der Waals surface area contributed by atoms with E-state index in [0.717, 1.165) is 21.5 Å². The van der Waals surface area contributed by atoms with Gasteiger partial charge in [0.1, 0.15) is 5.82 Å². The highest BCUT2D eigenvalue weighted by molar-refractivity contribution is 9.10. The number of thiophene rings is 1. The molecule has 3 N–H and O–H groups in total. The number of nitrogens with one attached hydrogen (secondary N) is 1. The third kappa shape index (κ3) is 3.78. The first-order valence-corrected chi connectivity index (χ1v) is 7.53. The highest BCUT2D eigenvalue weighted by atomic mass is 79.9. The molecule has 19 heavy (non-hydrogen) atoms. The Bertz CT molecular complexity index is 597. The number of amides is 1. The van der Waals surface area contributed by atoms with E-state index >= 15 is 0 Å². The minimum atomic E-state index is -0.131. The maximum absolute atomic E-state index is 12.0. The van der Waals surface area contributed by atoms with Gasteiger partial charge in [0.05, 0.1) is 6.54 Å². The van der Waals surface area contributed by atoms with Crippen LogP contribution in [0.25, 0.3) is 0 Å². The van der Waals surface area contributed by atoms with Crippen LogP contribution < -0.4 is 11.1 Å². The Balaban J connectivity index is 2.05. The number of anilines is 1. The van der Waals surface area contributed by atoms with Crippen molar-refractivity contribution in [3.8, 4) is 0 Å². The summed E-state index contributed by atoms with van der Waals surface area (Å²) in [7, 11) is 0. The van der Waals surface area contributed by atoms with Crippen LogP contribution in [-0.2, 0) is 13.0 Å². The molecule has 0 fully saturated rings. The number of pyridine rings is 1. The zero-order valence-corrected chi connectivity index (χ0v) is 12.8. The number of hydrogen-bond acceptors (Lipinski definition) is 4. The standard InChI is InChI=1S/C13H14BrN3OS/c1-2-10-3-8(4-12(15)17-10)13(18)16-6-11-5-9(14)7-19-11/h3-5,7H,2,6H2,1H3,(H2,15,17)(H,16,18). The highest BCUT2D eigenvalue weighted by Crippen LogP contribution is 2.19. The van der Waals surface area contributed by atoms with Gasteiger partial charge in [-0.1, -0.05) is 6.92 Å². The molecule has 0 bridgehead atoms. The summed E-state index contributed by atoms with van der Waals surface area (Å²) < 4.78 is 1.03. The summed E-state index contributed by atoms with van der Waals surface area (Å²) in [5, 5.41) is 4.86. The lowest BCUT2D eigenvalue weighted by Crippen LogP contribution is -2.22. The minimum absolute atomic E-state index is 0.131. The van der Waals surface area contributed by atoms with Crippen LogP contribution in [0, 0.1) is 0 Å². The van der Waals surface area contributed by atoms with Crippen molar-refractivity contribution >= 4 is 39.0 Å². The van der Waals surface area contributed by atoms with E-state index < -0.39 is 0 Å². The molecule has 6 heteroatoms. The second-order valence-corrected chi connectivity index (χ2v) is 5.95. The predicted molar refractivity (Wildman–Crippen MR) is 81.2 cm³/mol. The Hall–Kier alpha value is -1.40. The third-order valence-corrected chi connectivity index (χ3v) is 4.27. The molecule has 0 aliphatic rings. The molecule has 2 rings (SSSR count). The lowest BCUT2D eigenvalue weighted by atomic mass is 10.2. The fourth-order valence-corrected chi connectivity index (χ4v) is 3.03. The summed E-state index contributed by atoms with van der Waals surface area (Å²) in [5.74, 6) is 0.247. The number of nitrogen functional groups attached to an aromatic ring is 1. The first-order chi connectivity index (χ1) is 9.08. The molecular formula is C13H14BrN3OS. The van der Waals surface area contributed by atoms with Gasteiger partial charge in [0.25, 0.3) is 5.91 Å². The first kappa shape index (κ1) is 14.0. The van der Waals surface area contributed by atoms with Crippen LogP contribution in [0.4, 0.5) is 5.82 Å². The fraction of sp³-hybridized carbons (Fsp3) is 0.231. The fourth-order valence-electron chi connectivity index (χ4n) is 1.64. The molecule has 100 valence electrons. The highest BCUT2D eigenvalue weighted by Gasteiger charge is 2.08. The van der Waals surface area contributed by atoms with E-state index in [-0.39, 0.29) is 5.91 Å². The minimum Gasteiger partial charge on any atom is -0.384 e. The van der Waals surface area contributed by atoms with Crippen LogP contribution in [0.1, 0.15) is 27.9 Å². The molecule has 0 radical (unpaired) electrons. The number of rotatable bonds is 4. The molecule has 2 heterocycles. The van der Waals surface area contributed by atoms with Crippen molar-refractivity contribution in [2.24, 2.45) is 0 Å². The summed E-state index contributed by atoms with van der Waals surface area (Å²) >= 11 is 4.98. The second-order valence-electron chi connectivity index (χ2n) is 4.04. The van der Waals surface area contributed by atoms with Gasteiger partial charge >= 0.3 is 0 Å². The molecule has 0 aliphatic heterocycles. The summed E-state index contributed by atoms with van der Waals surface area (Å²) in [4.78, 5) is 17.3. The number of halogens is 1. The van der Waals surface area contributed by atoms with Crippen molar-refractivity contribution in [1.82, 2.24) is 10.3 Å². The van der Waals surface area contributed by atoms with Gasteiger partial charge in [0.2, 0.25) is 0 Å². The number of carbonyl (C=O) groups is 1.